The maximum atomic E-state index is 14.2. The number of hydrogen-bond acceptors (Lipinski definition) is 3. The van der Waals surface area contributed by atoms with Crippen molar-refractivity contribution in [3.63, 3.8) is 0 Å². The van der Waals surface area contributed by atoms with Crippen LogP contribution in [0.5, 0.6) is 0 Å². The summed E-state index contributed by atoms with van der Waals surface area (Å²) in [4.78, 5) is 24.8. The predicted octanol–water partition coefficient (Wildman–Crippen LogP) is 3.07. The van der Waals surface area contributed by atoms with Crippen LogP contribution in [0.25, 0.3) is 0 Å². The number of benzene rings is 1. The lowest BCUT2D eigenvalue weighted by atomic mass is 10.0. The number of hydrogen-bond donors (Lipinski definition) is 0. The van der Waals surface area contributed by atoms with Crippen molar-refractivity contribution >= 4 is 11.9 Å². The van der Waals surface area contributed by atoms with Crippen LogP contribution in [0.1, 0.15) is 36.9 Å². The van der Waals surface area contributed by atoms with E-state index in [1.807, 2.05) is 0 Å². The fourth-order valence-electron chi connectivity index (χ4n) is 2.80. The van der Waals surface area contributed by atoms with Crippen molar-refractivity contribution in [3.8, 4) is 0 Å². The van der Waals surface area contributed by atoms with E-state index >= 15 is 0 Å². The lowest BCUT2D eigenvalue weighted by Crippen LogP contribution is -2.41. The molecule has 1 aromatic rings. The molecular weight excluding hydrogens is 318 g/mol. The number of nitrogens with zero attached hydrogens (tertiary/aromatic N) is 1. The molecule has 4 nitrogen and oxygen atoms in total. The van der Waals surface area contributed by atoms with Gasteiger partial charge in [-0.3, -0.25) is 4.79 Å². The molecule has 1 fully saturated rings. The average molecular weight is 333 g/mol. The molecule has 2 unspecified atom stereocenters. The number of alkyl halides is 3. The molecule has 0 N–H and O–H groups in total. The molecule has 0 saturated carbocycles. The minimum absolute atomic E-state index is 0.0602. The number of likely N-dealkylation sites (tertiary alicyclic amines) is 1. The summed E-state index contributed by atoms with van der Waals surface area (Å²) in [6.45, 7) is 1.39. The van der Waals surface area contributed by atoms with Gasteiger partial charge >= 0.3 is 12.1 Å². The number of rotatable bonds is 3. The average Bonchev–Trinajstić information content (AvgIpc) is 2.86. The molecule has 0 aromatic heterocycles. The van der Waals surface area contributed by atoms with Gasteiger partial charge in [-0.1, -0.05) is 12.1 Å². The largest absolute Gasteiger partial charge is 0.467 e. The fraction of sp³-hybridized carbons (Fsp3) is 0.467. The molecule has 23 heavy (non-hydrogen) atoms. The minimum atomic E-state index is -4.84. The van der Waals surface area contributed by atoms with Crippen molar-refractivity contribution in [2.45, 2.75) is 38.0 Å². The van der Waals surface area contributed by atoms with Gasteiger partial charge < -0.3 is 9.64 Å². The van der Waals surface area contributed by atoms with Crippen molar-refractivity contribution < 1.29 is 31.9 Å². The summed E-state index contributed by atoms with van der Waals surface area (Å²) in [5.74, 6) is -2.53. The van der Waals surface area contributed by atoms with Gasteiger partial charge in [0.25, 0.3) is 0 Å². The predicted molar refractivity (Wildman–Crippen MR) is 71.7 cm³/mol. The minimum Gasteiger partial charge on any atom is -0.467 e. The Morgan fingerprint density at radius 3 is 2.61 bits per heavy atom. The van der Waals surface area contributed by atoms with E-state index in [-0.39, 0.29) is 18.4 Å². The Labute approximate surface area is 130 Å². The third kappa shape index (κ3) is 3.16. The van der Waals surface area contributed by atoms with E-state index in [4.69, 9.17) is 0 Å². The highest BCUT2D eigenvalue weighted by Gasteiger charge is 2.42. The van der Waals surface area contributed by atoms with Crippen molar-refractivity contribution in [3.05, 3.63) is 35.1 Å². The zero-order chi connectivity index (χ0) is 17.4. The first kappa shape index (κ1) is 17.2. The summed E-state index contributed by atoms with van der Waals surface area (Å²) in [5.41, 5.74) is -1.69. The molecule has 0 aliphatic carbocycles. The van der Waals surface area contributed by atoms with Gasteiger partial charge in [0.05, 0.1) is 18.7 Å². The van der Waals surface area contributed by atoms with Crippen molar-refractivity contribution in [1.29, 1.82) is 0 Å². The zero-order valence-corrected chi connectivity index (χ0v) is 12.5. The second-order valence-electron chi connectivity index (χ2n) is 5.26. The van der Waals surface area contributed by atoms with Crippen LogP contribution in [-0.2, 0) is 20.5 Å². The molecule has 1 heterocycles. The first-order valence-electron chi connectivity index (χ1n) is 6.93. The van der Waals surface area contributed by atoms with Gasteiger partial charge in [-0.2, -0.15) is 13.2 Å². The van der Waals surface area contributed by atoms with Crippen LogP contribution >= 0.6 is 0 Å². The van der Waals surface area contributed by atoms with Gasteiger partial charge in [0.1, 0.15) is 11.9 Å². The normalized spacial score (nSPS) is 19.8. The molecule has 0 radical (unpaired) electrons. The smallest absolute Gasteiger partial charge is 0.419 e. The lowest BCUT2D eigenvalue weighted by Gasteiger charge is -2.30. The Bertz CT molecular complexity index is 630. The Morgan fingerprint density at radius 2 is 2.04 bits per heavy atom. The standard InChI is InChI=1S/C15H15F4NO3/c1-8(20-11(14(22)23-2)6-7-12(20)21)9-4-3-5-10(13(9)16)15(17,18)19/h3-5,8,11H,6-7H2,1-2H3. The number of halogens is 4. The van der Waals surface area contributed by atoms with Crippen molar-refractivity contribution in [1.82, 2.24) is 4.90 Å². The van der Waals surface area contributed by atoms with Crippen LogP contribution < -0.4 is 0 Å². The molecule has 1 saturated heterocycles. The molecule has 2 rings (SSSR count). The Balaban J connectivity index is 2.42. The van der Waals surface area contributed by atoms with Gasteiger partial charge in [-0.05, 0) is 19.4 Å². The molecule has 1 aromatic carbocycles. The van der Waals surface area contributed by atoms with Gasteiger partial charge in [0.15, 0.2) is 0 Å². The van der Waals surface area contributed by atoms with Crippen LogP contribution in [0, 0.1) is 5.82 Å². The number of carbonyl (C=O) groups excluding carboxylic acids is 2. The number of esters is 1. The van der Waals surface area contributed by atoms with E-state index in [0.717, 1.165) is 18.1 Å². The lowest BCUT2D eigenvalue weighted by molar-refractivity contribution is -0.150. The molecule has 0 spiro atoms. The van der Waals surface area contributed by atoms with E-state index in [0.29, 0.717) is 6.07 Å². The third-order valence-electron chi connectivity index (χ3n) is 3.93. The van der Waals surface area contributed by atoms with Gasteiger partial charge in [-0.25, -0.2) is 9.18 Å². The highest BCUT2D eigenvalue weighted by molar-refractivity contribution is 5.88. The summed E-state index contributed by atoms with van der Waals surface area (Å²) in [6.07, 6.45) is -4.59. The quantitative estimate of drug-likeness (QED) is 0.631. The van der Waals surface area contributed by atoms with Crippen LogP contribution in [0.3, 0.4) is 0 Å². The molecule has 1 aliphatic rings. The van der Waals surface area contributed by atoms with E-state index in [1.165, 1.54) is 13.0 Å². The first-order valence-corrected chi connectivity index (χ1v) is 6.93. The molecule has 2 atom stereocenters. The van der Waals surface area contributed by atoms with Gasteiger partial charge in [0, 0.05) is 12.0 Å². The van der Waals surface area contributed by atoms with Crippen molar-refractivity contribution in [2.75, 3.05) is 7.11 Å². The third-order valence-corrected chi connectivity index (χ3v) is 3.93. The molecular formula is C15H15F4NO3. The number of carbonyl (C=O) groups is 2. The van der Waals surface area contributed by atoms with E-state index < -0.39 is 41.5 Å². The van der Waals surface area contributed by atoms with Crippen LogP contribution in [0.2, 0.25) is 0 Å². The number of amides is 1. The maximum Gasteiger partial charge on any atom is 0.419 e. The SMILES string of the molecule is COC(=O)C1CCC(=O)N1C(C)c1cccc(C(F)(F)F)c1F. The van der Waals surface area contributed by atoms with Gasteiger partial charge in [-0.15, -0.1) is 0 Å². The van der Waals surface area contributed by atoms with Crippen LogP contribution in [0.15, 0.2) is 18.2 Å². The fourth-order valence-corrected chi connectivity index (χ4v) is 2.80. The molecule has 1 amide bonds. The van der Waals surface area contributed by atoms with Crippen LogP contribution in [0.4, 0.5) is 17.6 Å². The second kappa shape index (κ2) is 6.17. The summed E-state index contributed by atoms with van der Waals surface area (Å²) < 4.78 is 57.3. The Morgan fingerprint density at radius 1 is 1.39 bits per heavy atom. The molecule has 8 heteroatoms. The Hall–Kier alpha value is -2.12. The summed E-state index contributed by atoms with van der Waals surface area (Å²) in [7, 11) is 1.15. The first-order chi connectivity index (χ1) is 10.7. The molecule has 1 aliphatic heterocycles. The maximum absolute atomic E-state index is 14.2. The Kier molecular flexibility index (Phi) is 4.63. The van der Waals surface area contributed by atoms with Crippen molar-refractivity contribution in [2.24, 2.45) is 0 Å². The summed E-state index contributed by atoms with van der Waals surface area (Å²) in [5, 5.41) is 0. The number of methoxy groups -OCH3 is 1. The summed E-state index contributed by atoms with van der Waals surface area (Å²) in [6, 6.07) is 0.947. The van der Waals surface area contributed by atoms with Crippen LogP contribution in [-0.4, -0.2) is 29.9 Å². The zero-order valence-electron chi connectivity index (χ0n) is 12.5. The molecule has 0 bridgehead atoms. The van der Waals surface area contributed by atoms with E-state index in [9.17, 15) is 27.2 Å². The topological polar surface area (TPSA) is 46.6 Å². The van der Waals surface area contributed by atoms with E-state index in [2.05, 4.69) is 4.74 Å². The molecule has 126 valence electrons. The van der Waals surface area contributed by atoms with E-state index in [1.54, 1.807) is 0 Å². The highest BCUT2D eigenvalue weighted by atomic mass is 19.4. The van der Waals surface area contributed by atoms with Gasteiger partial charge in [0.2, 0.25) is 5.91 Å². The monoisotopic (exact) mass is 333 g/mol. The number of ether oxygens (including phenoxy) is 1. The second-order valence-corrected chi connectivity index (χ2v) is 5.26. The highest BCUT2D eigenvalue weighted by Crippen LogP contribution is 2.37. The summed E-state index contributed by atoms with van der Waals surface area (Å²) >= 11 is 0.